The number of esters is 1. The molecule has 24 heavy (non-hydrogen) atoms. The van der Waals surface area contributed by atoms with Gasteiger partial charge in [0.2, 0.25) is 5.79 Å². The summed E-state index contributed by atoms with van der Waals surface area (Å²) < 4.78 is 11.0. The molecule has 0 fully saturated rings. The number of hydrogen-bond acceptors (Lipinski definition) is 6. The molecule has 2 aromatic rings. The third-order valence-electron chi connectivity index (χ3n) is 3.73. The summed E-state index contributed by atoms with van der Waals surface area (Å²) in [4.78, 5) is 16.3. The second-order valence-corrected chi connectivity index (χ2v) is 7.04. The molecule has 0 spiro atoms. The van der Waals surface area contributed by atoms with Gasteiger partial charge in [0, 0.05) is 37.0 Å². The molecule has 0 saturated heterocycles. The summed E-state index contributed by atoms with van der Waals surface area (Å²) >= 11 is 1.57. The van der Waals surface area contributed by atoms with Gasteiger partial charge >= 0.3 is 5.97 Å². The van der Waals surface area contributed by atoms with E-state index in [9.17, 15) is 4.79 Å². The molecule has 0 saturated carbocycles. The number of benzene rings is 1. The number of nitrogens with one attached hydrogen (secondary N) is 1. The van der Waals surface area contributed by atoms with Crippen molar-refractivity contribution in [1.29, 1.82) is 0 Å². The summed E-state index contributed by atoms with van der Waals surface area (Å²) in [7, 11) is 0. The number of thiazole rings is 1. The predicted octanol–water partition coefficient (Wildman–Crippen LogP) is 4.13. The Balaban J connectivity index is 1.89. The van der Waals surface area contributed by atoms with E-state index in [2.05, 4.69) is 10.3 Å². The summed E-state index contributed by atoms with van der Waals surface area (Å²) in [6.45, 7) is 5.48. The second-order valence-electron chi connectivity index (χ2n) is 6.12. The molecule has 0 bridgehead atoms. The van der Waals surface area contributed by atoms with Crippen molar-refractivity contribution in [2.45, 2.75) is 32.6 Å². The first kappa shape index (κ1) is 16.5. The van der Waals surface area contributed by atoms with Gasteiger partial charge in [-0.1, -0.05) is 25.1 Å². The molecular formula is C18H20N2O3S. The quantitative estimate of drug-likeness (QED) is 0.827. The van der Waals surface area contributed by atoms with Crippen LogP contribution in [0.25, 0.3) is 0 Å². The molecule has 0 unspecified atom stereocenters. The van der Waals surface area contributed by atoms with E-state index in [0.29, 0.717) is 5.76 Å². The molecule has 2 atom stereocenters. The summed E-state index contributed by atoms with van der Waals surface area (Å²) in [5, 5.41) is 6.37. The highest BCUT2D eigenvalue weighted by Gasteiger charge is 2.35. The van der Waals surface area contributed by atoms with Crippen LogP contribution in [0.2, 0.25) is 0 Å². The largest absolute Gasteiger partial charge is 0.457 e. The minimum absolute atomic E-state index is 0.0940. The highest BCUT2D eigenvalue weighted by Crippen LogP contribution is 2.36. The first-order valence-electron chi connectivity index (χ1n) is 7.79. The van der Waals surface area contributed by atoms with Crippen LogP contribution < -0.4 is 5.32 Å². The van der Waals surface area contributed by atoms with Gasteiger partial charge in [0.05, 0.1) is 12.1 Å². The summed E-state index contributed by atoms with van der Waals surface area (Å²) in [5.74, 6) is -0.843. The van der Waals surface area contributed by atoms with E-state index in [0.717, 1.165) is 10.7 Å². The summed E-state index contributed by atoms with van der Waals surface area (Å²) in [6, 6.07) is 9.81. The predicted molar refractivity (Wildman–Crippen MR) is 93.4 cm³/mol. The van der Waals surface area contributed by atoms with E-state index in [1.54, 1.807) is 31.4 Å². The molecule has 126 valence electrons. The molecule has 5 nitrogen and oxygen atoms in total. The van der Waals surface area contributed by atoms with Crippen molar-refractivity contribution in [1.82, 2.24) is 4.98 Å². The maximum atomic E-state index is 11.8. The van der Waals surface area contributed by atoms with Crippen LogP contribution in [0.3, 0.4) is 0 Å². The normalized spacial score (nSPS) is 18.8. The zero-order chi connectivity index (χ0) is 17.2. The molecule has 1 aliphatic rings. The Morgan fingerprint density at radius 3 is 2.58 bits per heavy atom. The minimum atomic E-state index is -0.963. The Morgan fingerprint density at radius 1 is 1.21 bits per heavy atom. The molecule has 1 N–H and O–H groups in total. The Labute approximate surface area is 145 Å². The van der Waals surface area contributed by atoms with E-state index in [-0.39, 0.29) is 17.9 Å². The van der Waals surface area contributed by atoms with E-state index in [4.69, 9.17) is 9.47 Å². The number of nitrogens with zero attached hydrogens (tertiary/aromatic N) is 1. The molecule has 0 radical (unpaired) electrons. The molecule has 1 aromatic carbocycles. The molecule has 2 heterocycles. The van der Waals surface area contributed by atoms with Crippen molar-refractivity contribution >= 4 is 23.0 Å². The van der Waals surface area contributed by atoms with Crippen molar-refractivity contribution in [3.05, 3.63) is 58.8 Å². The van der Waals surface area contributed by atoms with Crippen LogP contribution in [0.4, 0.5) is 5.69 Å². The van der Waals surface area contributed by atoms with Gasteiger partial charge in [-0.2, -0.15) is 0 Å². The number of carbonyl (C=O) groups is 1. The molecule has 1 aromatic heterocycles. The summed E-state index contributed by atoms with van der Waals surface area (Å²) in [5.41, 5.74) is 0.989. The number of para-hydroxylation sites is 1. The highest BCUT2D eigenvalue weighted by atomic mass is 32.1. The zero-order valence-electron chi connectivity index (χ0n) is 13.9. The topological polar surface area (TPSA) is 60.5 Å². The van der Waals surface area contributed by atoms with Gasteiger partial charge < -0.3 is 14.8 Å². The standard InChI is InChI=1S/C18H20N2O3S/c1-12(14-11-15(21)23-18(2,3)22-14)16(17-19-9-10-24-17)20-13-7-5-4-6-8-13/h4-12,16,20H,1-3H3/t12-,16-/m1/s1. The highest BCUT2D eigenvalue weighted by molar-refractivity contribution is 7.09. The maximum Gasteiger partial charge on any atom is 0.337 e. The van der Waals surface area contributed by atoms with E-state index >= 15 is 0 Å². The van der Waals surface area contributed by atoms with E-state index < -0.39 is 5.79 Å². The minimum Gasteiger partial charge on any atom is -0.457 e. The number of carbonyl (C=O) groups excluding carboxylic acids is 1. The lowest BCUT2D eigenvalue weighted by molar-refractivity contribution is -0.208. The third-order valence-corrected chi connectivity index (χ3v) is 4.59. The van der Waals surface area contributed by atoms with Crippen LogP contribution in [-0.2, 0) is 14.3 Å². The van der Waals surface area contributed by atoms with E-state index in [1.807, 2.05) is 42.6 Å². The van der Waals surface area contributed by atoms with Crippen LogP contribution in [-0.4, -0.2) is 16.7 Å². The van der Waals surface area contributed by atoms with Crippen molar-refractivity contribution in [3.63, 3.8) is 0 Å². The fourth-order valence-corrected chi connectivity index (χ4v) is 3.41. The number of rotatable bonds is 5. The van der Waals surface area contributed by atoms with Gasteiger partial charge in [0.15, 0.2) is 0 Å². The molecule has 0 aliphatic carbocycles. The SMILES string of the molecule is C[C@H](C1=CC(=O)OC(C)(C)O1)[C@@H](Nc1ccccc1)c1nccs1. The van der Waals surface area contributed by atoms with Gasteiger partial charge in [0.25, 0.3) is 0 Å². The van der Waals surface area contributed by atoms with Crippen LogP contribution in [0.5, 0.6) is 0 Å². The van der Waals surface area contributed by atoms with Crippen LogP contribution in [0, 0.1) is 5.92 Å². The van der Waals surface area contributed by atoms with Crippen LogP contribution in [0.15, 0.2) is 53.7 Å². The zero-order valence-corrected chi connectivity index (χ0v) is 14.7. The van der Waals surface area contributed by atoms with Gasteiger partial charge in [-0.3, -0.25) is 0 Å². The van der Waals surface area contributed by atoms with Gasteiger partial charge in [0.1, 0.15) is 10.8 Å². The average Bonchev–Trinajstić information content (AvgIpc) is 3.05. The fourth-order valence-electron chi connectivity index (χ4n) is 2.61. The first-order chi connectivity index (χ1) is 11.4. The van der Waals surface area contributed by atoms with Crippen molar-refractivity contribution < 1.29 is 14.3 Å². The monoisotopic (exact) mass is 344 g/mol. The van der Waals surface area contributed by atoms with Crippen molar-refractivity contribution in [3.8, 4) is 0 Å². The Kier molecular flexibility index (Phi) is 4.57. The van der Waals surface area contributed by atoms with Crippen molar-refractivity contribution in [2.24, 2.45) is 5.92 Å². The molecule has 1 aliphatic heterocycles. The van der Waals surface area contributed by atoms with Gasteiger partial charge in [-0.05, 0) is 12.1 Å². The lowest BCUT2D eigenvalue weighted by Crippen LogP contribution is -2.37. The van der Waals surface area contributed by atoms with Crippen LogP contribution in [0.1, 0.15) is 31.8 Å². The summed E-state index contributed by atoms with van der Waals surface area (Å²) in [6.07, 6.45) is 3.20. The fraction of sp³-hybridized carbons (Fsp3) is 0.333. The van der Waals surface area contributed by atoms with Gasteiger partial charge in [-0.15, -0.1) is 11.3 Å². The van der Waals surface area contributed by atoms with Gasteiger partial charge in [-0.25, -0.2) is 9.78 Å². The Hall–Kier alpha value is -2.34. The lowest BCUT2D eigenvalue weighted by atomic mass is 9.98. The maximum absolute atomic E-state index is 11.8. The molecular weight excluding hydrogens is 324 g/mol. The molecule has 0 amide bonds. The second kappa shape index (κ2) is 6.65. The van der Waals surface area contributed by atoms with Crippen LogP contribution >= 0.6 is 11.3 Å². The Morgan fingerprint density at radius 2 is 1.96 bits per heavy atom. The van der Waals surface area contributed by atoms with Crippen molar-refractivity contribution in [2.75, 3.05) is 5.32 Å². The van der Waals surface area contributed by atoms with E-state index in [1.165, 1.54) is 6.08 Å². The Bertz CT molecular complexity index is 726. The third kappa shape index (κ3) is 3.76. The number of hydrogen-bond donors (Lipinski definition) is 1. The average molecular weight is 344 g/mol. The lowest BCUT2D eigenvalue weighted by Gasteiger charge is -2.35. The molecule has 6 heteroatoms. The molecule has 3 rings (SSSR count). The first-order valence-corrected chi connectivity index (χ1v) is 8.67. The smallest absolute Gasteiger partial charge is 0.337 e. The number of anilines is 1. The number of cyclic esters (lactones) is 1. The number of ether oxygens (including phenoxy) is 2. The number of aromatic nitrogens is 1.